The molecule has 3 nitrogen and oxygen atoms in total. The zero-order valence-electron chi connectivity index (χ0n) is 12.2. The first kappa shape index (κ1) is 13.4. The largest absolute Gasteiger partial charge is 0.457 e. The molecule has 0 amide bonds. The maximum Gasteiger partial charge on any atom is 0.138 e. The smallest absolute Gasteiger partial charge is 0.138 e. The van der Waals surface area contributed by atoms with Crippen LogP contribution in [0, 0.1) is 0 Å². The Labute approximate surface area is 124 Å². The van der Waals surface area contributed by atoms with Crippen molar-refractivity contribution in [1.29, 1.82) is 0 Å². The Balaban J connectivity index is 2.00. The fourth-order valence-corrected chi connectivity index (χ4v) is 2.29. The lowest BCUT2D eigenvalue weighted by atomic mass is 10.0. The summed E-state index contributed by atoms with van der Waals surface area (Å²) in [6, 6.07) is 15.7. The molecule has 3 heteroatoms. The highest BCUT2D eigenvalue weighted by atomic mass is 16.5. The van der Waals surface area contributed by atoms with Crippen molar-refractivity contribution in [3.63, 3.8) is 0 Å². The van der Waals surface area contributed by atoms with Crippen molar-refractivity contribution in [2.24, 2.45) is 0 Å². The molecule has 3 rings (SSSR count). The number of rotatable bonds is 3. The van der Waals surface area contributed by atoms with Gasteiger partial charge in [0.15, 0.2) is 0 Å². The third-order valence-corrected chi connectivity index (χ3v) is 3.48. The fourth-order valence-electron chi connectivity index (χ4n) is 2.29. The molecule has 0 atom stereocenters. The molecule has 21 heavy (non-hydrogen) atoms. The Morgan fingerprint density at radius 1 is 1.05 bits per heavy atom. The molecule has 0 aliphatic rings. The summed E-state index contributed by atoms with van der Waals surface area (Å²) >= 11 is 0. The van der Waals surface area contributed by atoms with Gasteiger partial charge in [0.2, 0.25) is 0 Å². The molecule has 0 bridgehead atoms. The van der Waals surface area contributed by atoms with E-state index in [4.69, 9.17) is 10.5 Å². The van der Waals surface area contributed by atoms with Crippen molar-refractivity contribution >= 4 is 16.6 Å². The molecular formula is C18H18N2O. The van der Waals surface area contributed by atoms with E-state index in [-0.39, 0.29) is 0 Å². The topological polar surface area (TPSA) is 48.1 Å². The molecule has 106 valence electrons. The van der Waals surface area contributed by atoms with E-state index in [0.717, 1.165) is 22.4 Å². The molecule has 1 aromatic heterocycles. The summed E-state index contributed by atoms with van der Waals surface area (Å²) in [7, 11) is 0. The molecule has 0 spiro atoms. The predicted molar refractivity (Wildman–Crippen MR) is 86.8 cm³/mol. The van der Waals surface area contributed by atoms with Crippen molar-refractivity contribution in [2.45, 2.75) is 19.8 Å². The summed E-state index contributed by atoms with van der Waals surface area (Å²) < 4.78 is 6.04. The summed E-state index contributed by atoms with van der Waals surface area (Å²) in [6.45, 7) is 4.34. The number of fused-ring (bicyclic) bond motifs is 1. The maximum absolute atomic E-state index is 6.04. The fraction of sp³-hybridized carbons (Fsp3) is 0.167. The number of anilines is 1. The van der Waals surface area contributed by atoms with E-state index in [0.29, 0.717) is 11.6 Å². The molecule has 0 aliphatic heterocycles. The standard InChI is InChI=1S/C18H18N2O/c1-12(2)13-4-3-5-15(10-13)21-18-8-9-20-17-11-14(19)6-7-16(17)18/h3-12H,19H2,1-2H3. The van der Waals surface area contributed by atoms with Gasteiger partial charge in [0.05, 0.1) is 5.52 Å². The average Bonchev–Trinajstić information content (AvgIpc) is 2.47. The van der Waals surface area contributed by atoms with Crippen LogP contribution in [0.1, 0.15) is 25.3 Å². The summed E-state index contributed by atoms with van der Waals surface area (Å²) in [4.78, 5) is 4.33. The van der Waals surface area contributed by atoms with Crippen LogP contribution in [0.4, 0.5) is 5.69 Å². The van der Waals surface area contributed by atoms with Crippen LogP contribution in [0.15, 0.2) is 54.7 Å². The van der Waals surface area contributed by atoms with Gasteiger partial charge in [0, 0.05) is 17.3 Å². The minimum absolute atomic E-state index is 0.475. The van der Waals surface area contributed by atoms with Crippen LogP contribution in [0.5, 0.6) is 11.5 Å². The number of ether oxygens (including phenoxy) is 1. The van der Waals surface area contributed by atoms with Gasteiger partial charge in [-0.1, -0.05) is 26.0 Å². The van der Waals surface area contributed by atoms with Crippen LogP contribution in [0.3, 0.4) is 0 Å². The number of pyridine rings is 1. The Morgan fingerprint density at radius 2 is 1.90 bits per heavy atom. The quantitative estimate of drug-likeness (QED) is 0.704. The number of nitrogens with zero attached hydrogens (tertiary/aromatic N) is 1. The Morgan fingerprint density at radius 3 is 2.71 bits per heavy atom. The lowest BCUT2D eigenvalue weighted by molar-refractivity contribution is 0.487. The van der Waals surface area contributed by atoms with Gasteiger partial charge in [-0.05, 0) is 47.9 Å². The highest BCUT2D eigenvalue weighted by Crippen LogP contribution is 2.30. The number of hydrogen-bond donors (Lipinski definition) is 1. The van der Waals surface area contributed by atoms with Gasteiger partial charge in [0.1, 0.15) is 11.5 Å². The molecular weight excluding hydrogens is 260 g/mol. The van der Waals surface area contributed by atoms with Crippen LogP contribution in [-0.4, -0.2) is 4.98 Å². The third kappa shape index (κ3) is 2.82. The first-order valence-electron chi connectivity index (χ1n) is 7.05. The van der Waals surface area contributed by atoms with Gasteiger partial charge in [-0.2, -0.15) is 0 Å². The molecule has 0 saturated heterocycles. The van der Waals surface area contributed by atoms with E-state index < -0.39 is 0 Å². The Bertz CT molecular complexity index is 781. The molecule has 0 unspecified atom stereocenters. The minimum Gasteiger partial charge on any atom is -0.457 e. The van der Waals surface area contributed by atoms with E-state index in [1.54, 1.807) is 6.20 Å². The van der Waals surface area contributed by atoms with Crippen LogP contribution in [0.2, 0.25) is 0 Å². The second-order valence-electron chi connectivity index (χ2n) is 5.41. The third-order valence-electron chi connectivity index (χ3n) is 3.48. The molecule has 1 heterocycles. The molecule has 2 N–H and O–H groups in total. The number of hydrogen-bond acceptors (Lipinski definition) is 3. The van der Waals surface area contributed by atoms with Crippen molar-refractivity contribution in [3.8, 4) is 11.5 Å². The van der Waals surface area contributed by atoms with E-state index in [9.17, 15) is 0 Å². The van der Waals surface area contributed by atoms with Gasteiger partial charge in [-0.25, -0.2) is 0 Å². The van der Waals surface area contributed by atoms with Crippen LogP contribution >= 0.6 is 0 Å². The summed E-state index contributed by atoms with van der Waals surface area (Å²) in [5.74, 6) is 2.11. The second-order valence-corrected chi connectivity index (χ2v) is 5.41. The van der Waals surface area contributed by atoms with E-state index in [1.807, 2.05) is 36.4 Å². The van der Waals surface area contributed by atoms with Crippen molar-refractivity contribution in [3.05, 3.63) is 60.3 Å². The molecule has 3 aromatic rings. The second kappa shape index (κ2) is 5.44. The van der Waals surface area contributed by atoms with Gasteiger partial charge in [-0.15, -0.1) is 0 Å². The maximum atomic E-state index is 6.04. The molecule has 0 aliphatic carbocycles. The monoisotopic (exact) mass is 278 g/mol. The number of nitrogen functional groups attached to an aromatic ring is 1. The van der Waals surface area contributed by atoms with E-state index in [2.05, 4.69) is 31.0 Å². The summed E-state index contributed by atoms with van der Waals surface area (Å²) in [6.07, 6.45) is 1.74. The van der Waals surface area contributed by atoms with Gasteiger partial charge < -0.3 is 10.5 Å². The molecule has 2 aromatic carbocycles. The SMILES string of the molecule is CC(C)c1cccc(Oc2ccnc3cc(N)ccc23)c1. The van der Waals surface area contributed by atoms with Gasteiger partial charge >= 0.3 is 0 Å². The van der Waals surface area contributed by atoms with Crippen molar-refractivity contribution in [2.75, 3.05) is 5.73 Å². The van der Waals surface area contributed by atoms with Crippen LogP contribution < -0.4 is 10.5 Å². The zero-order chi connectivity index (χ0) is 14.8. The van der Waals surface area contributed by atoms with Crippen LogP contribution in [0.25, 0.3) is 10.9 Å². The summed E-state index contributed by atoms with van der Waals surface area (Å²) in [5, 5.41) is 0.960. The first-order valence-corrected chi connectivity index (χ1v) is 7.05. The lowest BCUT2D eigenvalue weighted by Crippen LogP contribution is -1.92. The predicted octanol–water partition coefficient (Wildman–Crippen LogP) is 4.73. The highest BCUT2D eigenvalue weighted by molar-refractivity contribution is 5.87. The zero-order valence-corrected chi connectivity index (χ0v) is 12.2. The summed E-state index contributed by atoms with van der Waals surface area (Å²) in [5.41, 5.74) is 8.60. The van der Waals surface area contributed by atoms with Gasteiger partial charge in [-0.3, -0.25) is 4.98 Å². The molecule has 0 fully saturated rings. The first-order chi connectivity index (χ1) is 10.1. The number of nitrogens with two attached hydrogens (primary N) is 1. The Kier molecular flexibility index (Phi) is 3.48. The molecule has 0 radical (unpaired) electrons. The normalized spacial score (nSPS) is 11.0. The van der Waals surface area contributed by atoms with Crippen molar-refractivity contribution in [1.82, 2.24) is 4.98 Å². The number of benzene rings is 2. The molecule has 0 saturated carbocycles. The van der Waals surface area contributed by atoms with Crippen LogP contribution in [-0.2, 0) is 0 Å². The highest BCUT2D eigenvalue weighted by Gasteiger charge is 2.06. The van der Waals surface area contributed by atoms with E-state index >= 15 is 0 Å². The average molecular weight is 278 g/mol. The minimum atomic E-state index is 0.475. The lowest BCUT2D eigenvalue weighted by Gasteiger charge is -2.11. The van der Waals surface area contributed by atoms with E-state index in [1.165, 1.54) is 5.56 Å². The Hall–Kier alpha value is -2.55. The van der Waals surface area contributed by atoms with Gasteiger partial charge in [0.25, 0.3) is 0 Å². The number of aromatic nitrogens is 1. The van der Waals surface area contributed by atoms with Crippen molar-refractivity contribution < 1.29 is 4.74 Å².